The Bertz CT molecular complexity index is 602. The van der Waals surface area contributed by atoms with Crippen LogP contribution in [0.3, 0.4) is 0 Å². The second kappa shape index (κ2) is 6.85. The maximum atomic E-state index is 12.8. The first-order valence-corrected chi connectivity index (χ1v) is 7.22. The fourth-order valence-corrected chi connectivity index (χ4v) is 2.26. The average molecular weight is 307 g/mol. The molecule has 0 bridgehead atoms. The van der Waals surface area contributed by atoms with Gasteiger partial charge in [0.1, 0.15) is 11.6 Å². The van der Waals surface area contributed by atoms with Gasteiger partial charge in [0.2, 0.25) is 11.7 Å². The monoisotopic (exact) mass is 307 g/mol. The smallest absolute Gasteiger partial charge is 0.240 e. The van der Waals surface area contributed by atoms with Crippen LogP contribution in [-0.4, -0.2) is 40.8 Å². The molecule has 22 heavy (non-hydrogen) atoms. The highest BCUT2D eigenvalue weighted by Crippen LogP contribution is 2.14. The molecule has 118 valence electrons. The summed E-state index contributed by atoms with van der Waals surface area (Å²) in [4.78, 5) is 6.55. The largest absolute Gasteiger partial charge is 0.485 e. The van der Waals surface area contributed by atoms with Crippen LogP contribution in [0, 0.1) is 5.82 Å². The van der Waals surface area contributed by atoms with E-state index >= 15 is 0 Å². The van der Waals surface area contributed by atoms with Gasteiger partial charge in [0.05, 0.1) is 19.8 Å². The number of morpholine rings is 1. The molecule has 0 amide bonds. The van der Waals surface area contributed by atoms with Crippen LogP contribution < -0.4 is 4.74 Å². The molecular formula is C15H18FN3O3. The molecule has 7 heteroatoms. The first-order chi connectivity index (χ1) is 10.7. The maximum absolute atomic E-state index is 12.8. The highest BCUT2D eigenvalue weighted by Gasteiger charge is 2.21. The summed E-state index contributed by atoms with van der Waals surface area (Å²) in [7, 11) is 0. The molecule has 1 saturated heterocycles. The Morgan fingerprint density at radius 2 is 2.18 bits per heavy atom. The molecule has 2 aromatic rings. The lowest BCUT2D eigenvalue weighted by atomic mass is 10.2. The molecule has 0 spiro atoms. The average Bonchev–Trinajstić information content (AvgIpc) is 2.97. The van der Waals surface area contributed by atoms with Gasteiger partial charge in [-0.3, -0.25) is 4.90 Å². The summed E-state index contributed by atoms with van der Waals surface area (Å²) in [6, 6.07) is 6.14. The third kappa shape index (κ3) is 3.80. The van der Waals surface area contributed by atoms with E-state index in [0.717, 1.165) is 13.2 Å². The second-order valence-electron chi connectivity index (χ2n) is 5.24. The summed E-state index contributed by atoms with van der Waals surface area (Å²) in [5, 5.41) is 3.90. The summed E-state index contributed by atoms with van der Waals surface area (Å²) < 4.78 is 28.9. The maximum Gasteiger partial charge on any atom is 0.240 e. The topological polar surface area (TPSA) is 60.6 Å². The Balaban J connectivity index is 1.53. The van der Waals surface area contributed by atoms with E-state index in [0.29, 0.717) is 36.7 Å². The van der Waals surface area contributed by atoms with Crippen molar-refractivity contribution in [1.82, 2.24) is 15.0 Å². The molecule has 0 aliphatic carbocycles. The molecule has 0 N–H and O–H groups in total. The predicted octanol–water partition coefficient (Wildman–Crippen LogP) is 2.01. The van der Waals surface area contributed by atoms with Gasteiger partial charge >= 0.3 is 0 Å². The quantitative estimate of drug-likeness (QED) is 0.842. The number of nitrogens with zero attached hydrogens (tertiary/aromatic N) is 3. The standard InChI is InChI=1S/C15H18FN3O3/c1-11-9-20-7-6-19(11)8-15-17-14(18-22-15)10-21-13-4-2-12(16)3-5-13/h2-5,11H,6-10H2,1H3/t11-/m1/s1. The number of rotatable bonds is 5. The van der Waals surface area contributed by atoms with E-state index in [9.17, 15) is 4.39 Å². The van der Waals surface area contributed by atoms with Gasteiger partial charge < -0.3 is 14.0 Å². The highest BCUT2D eigenvalue weighted by atomic mass is 19.1. The summed E-state index contributed by atoms with van der Waals surface area (Å²) in [6.45, 7) is 5.19. The lowest BCUT2D eigenvalue weighted by molar-refractivity contribution is -0.00852. The summed E-state index contributed by atoms with van der Waals surface area (Å²) in [5.74, 6) is 1.30. The minimum Gasteiger partial charge on any atom is -0.485 e. The molecule has 1 aromatic carbocycles. The van der Waals surface area contributed by atoms with Gasteiger partial charge in [-0.2, -0.15) is 4.98 Å². The Kier molecular flexibility index (Phi) is 4.65. The first kappa shape index (κ1) is 14.9. The lowest BCUT2D eigenvalue weighted by Crippen LogP contribution is -2.42. The number of hydrogen-bond acceptors (Lipinski definition) is 6. The molecule has 1 aromatic heterocycles. The van der Waals surface area contributed by atoms with E-state index in [-0.39, 0.29) is 12.4 Å². The minimum atomic E-state index is -0.297. The van der Waals surface area contributed by atoms with Gasteiger partial charge in [0.15, 0.2) is 6.61 Å². The normalized spacial score (nSPS) is 19.3. The fraction of sp³-hybridized carbons (Fsp3) is 0.467. The Labute approximate surface area is 127 Å². The molecule has 0 saturated carbocycles. The predicted molar refractivity (Wildman–Crippen MR) is 75.7 cm³/mol. The van der Waals surface area contributed by atoms with Gasteiger partial charge in [0, 0.05) is 12.6 Å². The SMILES string of the molecule is C[C@@H]1COCCN1Cc1nc(COc2ccc(F)cc2)no1. The van der Waals surface area contributed by atoms with Gasteiger partial charge in [0.25, 0.3) is 0 Å². The summed E-state index contributed by atoms with van der Waals surface area (Å²) >= 11 is 0. The minimum absolute atomic E-state index is 0.188. The van der Waals surface area contributed by atoms with Gasteiger partial charge in [-0.1, -0.05) is 5.16 Å². The molecule has 6 nitrogen and oxygen atoms in total. The first-order valence-electron chi connectivity index (χ1n) is 7.22. The molecule has 3 rings (SSSR count). The molecule has 2 heterocycles. The second-order valence-corrected chi connectivity index (χ2v) is 5.24. The van der Waals surface area contributed by atoms with Crippen LogP contribution in [0.25, 0.3) is 0 Å². The molecular weight excluding hydrogens is 289 g/mol. The molecule has 1 aliphatic heterocycles. The van der Waals surface area contributed by atoms with Crippen molar-refractivity contribution < 1.29 is 18.4 Å². The molecule has 0 radical (unpaired) electrons. The third-order valence-electron chi connectivity index (χ3n) is 3.54. The van der Waals surface area contributed by atoms with E-state index in [1.165, 1.54) is 12.1 Å². The van der Waals surface area contributed by atoms with E-state index < -0.39 is 0 Å². The van der Waals surface area contributed by atoms with Crippen molar-refractivity contribution in [3.05, 3.63) is 41.8 Å². The van der Waals surface area contributed by atoms with Crippen LogP contribution in [0.2, 0.25) is 0 Å². The number of benzene rings is 1. The van der Waals surface area contributed by atoms with Gasteiger partial charge in [-0.05, 0) is 31.2 Å². The molecule has 1 fully saturated rings. The van der Waals surface area contributed by atoms with Crippen LogP contribution >= 0.6 is 0 Å². The van der Waals surface area contributed by atoms with Crippen LogP contribution in [0.5, 0.6) is 5.75 Å². The van der Waals surface area contributed by atoms with Crippen LogP contribution in [0.4, 0.5) is 4.39 Å². The lowest BCUT2D eigenvalue weighted by Gasteiger charge is -2.31. The van der Waals surface area contributed by atoms with Crippen molar-refractivity contribution >= 4 is 0 Å². The highest BCUT2D eigenvalue weighted by molar-refractivity contribution is 5.22. The third-order valence-corrected chi connectivity index (χ3v) is 3.54. The number of aromatic nitrogens is 2. The van der Waals surface area contributed by atoms with Crippen molar-refractivity contribution in [3.63, 3.8) is 0 Å². The van der Waals surface area contributed by atoms with Crippen molar-refractivity contribution in [3.8, 4) is 5.75 Å². The van der Waals surface area contributed by atoms with E-state index in [1.54, 1.807) is 12.1 Å². The Morgan fingerprint density at radius 1 is 1.36 bits per heavy atom. The molecule has 1 aliphatic rings. The van der Waals surface area contributed by atoms with Crippen molar-refractivity contribution in [2.24, 2.45) is 0 Å². The van der Waals surface area contributed by atoms with Gasteiger partial charge in [-0.25, -0.2) is 4.39 Å². The fourth-order valence-electron chi connectivity index (χ4n) is 2.26. The number of hydrogen-bond donors (Lipinski definition) is 0. The summed E-state index contributed by atoms with van der Waals surface area (Å²) in [6.07, 6.45) is 0. The number of ether oxygens (including phenoxy) is 2. The zero-order valence-electron chi connectivity index (χ0n) is 12.4. The van der Waals surface area contributed by atoms with Crippen LogP contribution in [0.15, 0.2) is 28.8 Å². The zero-order chi connectivity index (χ0) is 15.4. The van der Waals surface area contributed by atoms with Crippen LogP contribution in [0.1, 0.15) is 18.6 Å². The Morgan fingerprint density at radius 3 is 2.95 bits per heavy atom. The van der Waals surface area contributed by atoms with Crippen molar-refractivity contribution in [2.45, 2.75) is 26.1 Å². The Hall–Kier alpha value is -1.99. The van der Waals surface area contributed by atoms with E-state index in [2.05, 4.69) is 22.0 Å². The van der Waals surface area contributed by atoms with Crippen LogP contribution in [-0.2, 0) is 17.9 Å². The van der Waals surface area contributed by atoms with Gasteiger partial charge in [-0.15, -0.1) is 0 Å². The summed E-state index contributed by atoms with van der Waals surface area (Å²) in [5.41, 5.74) is 0. The van der Waals surface area contributed by atoms with Crippen molar-refractivity contribution in [2.75, 3.05) is 19.8 Å². The number of halogens is 1. The van der Waals surface area contributed by atoms with Crippen molar-refractivity contribution in [1.29, 1.82) is 0 Å². The molecule has 0 unspecified atom stereocenters. The van der Waals surface area contributed by atoms with E-state index in [1.807, 2.05) is 0 Å². The zero-order valence-corrected chi connectivity index (χ0v) is 12.4. The van der Waals surface area contributed by atoms with E-state index in [4.69, 9.17) is 14.0 Å². The molecule has 1 atom stereocenters.